The van der Waals surface area contributed by atoms with E-state index in [0.717, 1.165) is 19.7 Å². The lowest BCUT2D eigenvalue weighted by Crippen LogP contribution is -2.33. The maximum absolute atomic E-state index is 13.0. The van der Waals surface area contributed by atoms with E-state index >= 15 is 0 Å². The summed E-state index contributed by atoms with van der Waals surface area (Å²) in [6, 6.07) is 18.4. The number of hydrogen-bond donors (Lipinski definition) is 0. The molecule has 0 saturated carbocycles. The van der Waals surface area contributed by atoms with Crippen LogP contribution in [0.2, 0.25) is 0 Å². The van der Waals surface area contributed by atoms with Crippen molar-refractivity contribution in [1.29, 1.82) is 0 Å². The van der Waals surface area contributed by atoms with E-state index in [1.807, 2.05) is 40.6 Å². The molecule has 0 atom stereocenters. The summed E-state index contributed by atoms with van der Waals surface area (Å²) < 4.78 is 1.02. The number of benzene rings is 2. The molecular weight excluding hydrogens is 405 g/mol. The first kappa shape index (κ1) is 14.0. The molecule has 0 bridgehead atoms. The lowest BCUT2D eigenvalue weighted by molar-refractivity contribution is 0.0988. The van der Waals surface area contributed by atoms with Crippen LogP contribution >= 0.6 is 33.9 Å². The number of para-hydroxylation sites is 1. The minimum atomic E-state index is 0.0846. The number of halogens is 1. The third kappa shape index (κ3) is 2.18. The predicted octanol–water partition coefficient (Wildman–Crippen LogP) is 5.18. The summed E-state index contributed by atoms with van der Waals surface area (Å²) in [4.78, 5) is 15.7. The van der Waals surface area contributed by atoms with Gasteiger partial charge in [0, 0.05) is 9.13 Å². The Labute approximate surface area is 146 Å². The van der Waals surface area contributed by atoms with Crippen LogP contribution in [0.5, 0.6) is 0 Å². The maximum atomic E-state index is 13.0. The number of amides is 1. The van der Waals surface area contributed by atoms with Gasteiger partial charge in [-0.2, -0.15) is 0 Å². The second-order valence-corrected chi connectivity index (χ2v) is 7.24. The number of thiophene rings is 1. The van der Waals surface area contributed by atoms with Crippen molar-refractivity contribution in [3.63, 3.8) is 0 Å². The van der Waals surface area contributed by atoms with Crippen LogP contribution in [0.4, 0.5) is 5.69 Å². The van der Waals surface area contributed by atoms with E-state index in [9.17, 15) is 4.79 Å². The predicted molar refractivity (Wildman–Crippen MR) is 99.4 cm³/mol. The SMILES string of the molecule is O=C(c1sccc1I)N1Cc2ccccc2-c2ccccc21. The Kier molecular flexibility index (Phi) is 3.50. The van der Waals surface area contributed by atoms with E-state index < -0.39 is 0 Å². The Hall–Kier alpha value is -1.66. The first-order valence-electron chi connectivity index (χ1n) is 6.98. The van der Waals surface area contributed by atoms with Crippen LogP contribution in [0.25, 0.3) is 11.1 Å². The third-order valence-electron chi connectivity index (χ3n) is 3.89. The van der Waals surface area contributed by atoms with Gasteiger partial charge in [-0.1, -0.05) is 42.5 Å². The van der Waals surface area contributed by atoms with Crippen LogP contribution in [0, 0.1) is 3.57 Å². The summed E-state index contributed by atoms with van der Waals surface area (Å²) in [6.07, 6.45) is 0. The van der Waals surface area contributed by atoms with Gasteiger partial charge in [0.2, 0.25) is 0 Å². The lowest BCUT2D eigenvalue weighted by atomic mass is 9.93. The molecule has 2 nitrogen and oxygen atoms in total. The fraction of sp³-hybridized carbons (Fsp3) is 0.0556. The van der Waals surface area contributed by atoms with E-state index in [2.05, 4.69) is 46.9 Å². The van der Waals surface area contributed by atoms with Gasteiger partial charge in [-0.15, -0.1) is 11.3 Å². The Morgan fingerprint density at radius 3 is 2.50 bits per heavy atom. The molecule has 1 aromatic heterocycles. The van der Waals surface area contributed by atoms with Gasteiger partial charge in [-0.05, 0) is 51.2 Å². The molecule has 0 radical (unpaired) electrons. The smallest absolute Gasteiger partial charge is 0.269 e. The molecule has 1 aliphatic heterocycles. The van der Waals surface area contributed by atoms with Crippen LogP contribution in [0.3, 0.4) is 0 Å². The van der Waals surface area contributed by atoms with E-state index in [-0.39, 0.29) is 5.91 Å². The minimum Gasteiger partial charge on any atom is -0.303 e. The summed E-state index contributed by atoms with van der Waals surface area (Å²) in [5.41, 5.74) is 4.55. The largest absolute Gasteiger partial charge is 0.303 e. The molecule has 1 aliphatic rings. The molecule has 0 fully saturated rings. The first-order valence-corrected chi connectivity index (χ1v) is 8.94. The summed E-state index contributed by atoms with van der Waals surface area (Å²) in [7, 11) is 0. The fourth-order valence-electron chi connectivity index (χ4n) is 2.86. The number of hydrogen-bond acceptors (Lipinski definition) is 2. The molecule has 0 N–H and O–H groups in total. The van der Waals surface area contributed by atoms with Gasteiger partial charge in [0.05, 0.1) is 12.2 Å². The van der Waals surface area contributed by atoms with E-state index in [1.165, 1.54) is 22.5 Å². The van der Waals surface area contributed by atoms with Gasteiger partial charge in [0.15, 0.2) is 0 Å². The molecule has 108 valence electrons. The number of fused-ring (bicyclic) bond motifs is 3. The second kappa shape index (κ2) is 5.52. The normalized spacial score (nSPS) is 12.7. The van der Waals surface area contributed by atoms with Gasteiger partial charge < -0.3 is 4.90 Å². The highest BCUT2D eigenvalue weighted by Crippen LogP contribution is 2.40. The molecule has 0 aliphatic carbocycles. The molecule has 2 heterocycles. The number of carbonyl (C=O) groups excluding carboxylic acids is 1. The first-order chi connectivity index (χ1) is 10.8. The molecule has 2 aromatic carbocycles. The van der Waals surface area contributed by atoms with E-state index in [1.54, 1.807) is 0 Å². The fourth-order valence-corrected chi connectivity index (χ4v) is 4.63. The topological polar surface area (TPSA) is 20.3 Å². The Morgan fingerprint density at radius 2 is 1.73 bits per heavy atom. The van der Waals surface area contributed by atoms with Gasteiger partial charge in [0.1, 0.15) is 4.88 Å². The van der Waals surface area contributed by atoms with E-state index in [0.29, 0.717) is 6.54 Å². The molecule has 0 spiro atoms. The van der Waals surface area contributed by atoms with Crippen LogP contribution in [-0.4, -0.2) is 5.91 Å². The Balaban J connectivity index is 1.86. The van der Waals surface area contributed by atoms with Crippen molar-refractivity contribution in [3.8, 4) is 11.1 Å². The minimum absolute atomic E-state index is 0.0846. The second-order valence-electron chi connectivity index (χ2n) is 5.16. The van der Waals surface area contributed by atoms with Crippen molar-refractivity contribution in [2.75, 3.05) is 4.90 Å². The Bertz CT molecular complexity index is 871. The van der Waals surface area contributed by atoms with Crippen molar-refractivity contribution in [3.05, 3.63) is 74.0 Å². The summed E-state index contributed by atoms with van der Waals surface area (Å²) in [6.45, 7) is 0.625. The highest BCUT2D eigenvalue weighted by molar-refractivity contribution is 14.1. The van der Waals surface area contributed by atoms with Crippen molar-refractivity contribution in [2.45, 2.75) is 6.54 Å². The maximum Gasteiger partial charge on any atom is 0.269 e. The van der Waals surface area contributed by atoms with Gasteiger partial charge in [-0.3, -0.25) is 4.79 Å². The zero-order valence-corrected chi connectivity index (χ0v) is 14.6. The van der Waals surface area contributed by atoms with Crippen molar-refractivity contribution in [1.82, 2.24) is 0 Å². The average Bonchev–Trinajstić information content (AvgIpc) is 2.99. The van der Waals surface area contributed by atoms with Crippen molar-refractivity contribution in [2.24, 2.45) is 0 Å². The molecule has 4 rings (SSSR count). The monoisotopic (exact) mass is 417 g/mol. The summed E-state index contributed by atoms with van der Waals surface area (Å²) in [5.74, 6) is 0.0846. The molecule has 0 saturated heterocycles. The van der Waals surface area contributed by atoms with Gasteiger partial charge >= 0.3 is 0 Å². The van der Waals surface area contributed by atoms with Crippen molar-refractivity contribution < 1.29 is 4.79 Å². The van der Waals surface area contributed by atoms with E-state index in [4.69, 9.17) is 0 Å². The zero-order valence-electron chi connectivity index (χ0n) is 11.6. The lowest BCUT2D eigenvalue weighted by Gasteiger charge is -2.31. The quantitative estimate of drug-likeness (QED) is 0.500. The molecular formula is C18H12INOS. The number of anilines is 1. The number of carbonyl (C=O) groups is 1. The van der Waals surface area contributed by atoms with Crippen LogP contribution in [-0.2, 0) is 6.54 Å². The highest BCUT2D eigenvalue weighted by atomic mass is 127. The standard InChI is InChI=1S/C18H12INOS/c19-15-9-10-22-17(15)18(21)20-11-12-5-1-2-6-13(12)14-7-3-4-8-16(14)20/h1-10H,11H2. The van der Waals surface area contributed by atoms with Gasteiger partial charge in [-0.25, -0.2) is 0 Å². The Morgan fingerprint density at radius 1 is 1.00 bits per heavy atom. The average molecular weight is 417 g/mol. The van der Waals surface area contributed by atoms with Crippen LogP contribution in [0.15, 0.2) is 60.0 Å². The zero-order chi connectivity index (χ0) is 15.1. The molecule has 0 unspecified atom stereocenters. The highest BCUT2D eigenvalue weighted by Gasteiger charge is 2.28. The summed E-state index contributed by atoms with van der Waals surface area (Å²) >= 11 is 3.74. The number of rotatable bonds is 1. The summed E-state index contributed by atoms with van der Waals surface area (Å²) in [5, 5.41) is 1.97. The molecule has 1 amide bonds. The van der Waals surface area contributed by atoms with Crippen LogP contribution in [0.1, 0.15) is 15.2 Å². The molecule has 4 heteroatoms. The van der Waals surface area contributed by atoms with Crippen LogP contribution < -0.4 is 4.90 Å². The van der Waals surface area contributed by atoms with Gasteiger partial charge in [0.25, 0.3) is 5.91 Å². The van der Waals surface area contributed by atoms with Crippen molar-refractivity contribution >= 4 is 45.5 Å². The molecule has 22 heavy (non-hydrogen) atoms. The number of nitrogens with zero attached hydrogens (tertiary/aromatic N) is 1. The molecule has 3 aromatic rings. The third-order valence-corrected chi connectivity index (χ3v) is 6.05.